The molecular weight excluding hydrogens is 264 g/mol. The van der Waals surface area contributed by atoms with Crippen LogP contribution < -0.4 is 9.47 Å². The summed E-state index contributed by atoms with van der Waals surface area (Å²) in [5, 5.41) is 10.5. The van der Waals surface area contributed by atoms with Crippen LogP contribution in [0.2, 0.25) is 0 Å². The van der Waals surface area contributed by atoms with Gasteiger partial charge in [-0.15, -0.1) is 13.2 Å². The van der Waals surface area contributed by atoms with Gasteiger partial charge in [0.2, 0.25) is 5.75 Å². The number of pyridine rings is 1. The maximum absolute atomic E-state index is 12.5. The van der Waals surface area contributed by atoms with Gasteiger partial charge in [0.05, 0.1) is 12.7 Å². The minimum absolute atomic E-state index is 0.456. The van der Waals surface area contributed by atoms with Crippen molar-refractivity contribution in [3.05, 3.63) is 21.7 Å². The van der Waals surface area contributed by atoms with Crippen molar-refractivity contribution < 1.29 is 32.0 Å². The van der Waals surface area contributed by atoms with Crippen molar-refractivity contribution >= 4 is 5.82 Å². The molecule has 100 valence electrons. The fraction of sp³-hybridized carbons (Fsp3) is 0.375. The smallest absolute Gasteiger partial charge is 0.489 e. The molecule has 6 nitrogen and oxygen atoms in total. The molecule has 0 aromatic carbocycles. The maximum atomic E-state index is 12.5. The third-order valence-electron chi connectivity index (χ3n) is 1.76. The zero-order valence-corrected chi connectivity index (χ0v) is 8.82. The zero-order chi connectivity index (χ0) is 13.9. The number of nitrogens with zero attached hydrogens (tertiary/aromatic N) is 2. The predicted octanol–water partition coefficient (Wildman–Crippen LogP) is 2.37. The molecule has 0 N–H and O–H groups in total. The van der Waals surface area contributed by atoms with E-state index in [9.17, 15) is 27.7 Å². The Bertz CT molecular complexity index is 463. The van der Waals surface area contributed by atoms with Crippen molar-refractivity contribution in [2.45, 2.75) is 13.0 Å². The van der Waals surface area contributed by atoms with Crippen LogP contribution in [0.5, 0.6) is 11.6 Å². The first-order valence-electron chi connectivity index (χ1n) is 4.32. The summed E-state index contributed by atoms with van der Waals surface area (Å²) in [5.41, 5.74) is -0.602. The molecule has 0 saturated carbocycles. The second-order valence-electron chi connectivity index (χ2n) is 2.92. The van der Waals surface area contributed by atoms with E-state index in [1.165, 1.54) is 0 Å². The highest BCUT2D eigenvalue weighted by molar-refractivity contribution is 5.46. The van der Waals surface area contributed by atoms with Gasteiger partial charge in [-0.25, -0.2) is 4.39 Å². The highest BCUT2D eigenvalue weighted by atomic mass is 19.4. The summed E-state index contributed by atoms with van der Waals surface area (Å²) >= 11 is 0. The van der Waals surface area contributed by atoms with Crippen molar-refractivity contribution in [2.24, 2.45) is 0 Å². The molecule has 0 unspecified atom stereocenters. The summed E-state index contributed by atoms with van der Waals surface area (Å²) in [5.74, 6) is -2.66. The second-order valence-corrected chi connectivity index (χ2v) is 2.92. The van der Waals surface area contributed by atoms with Crippen LogP contribution in [0.15, 0.2) is 6.07 Å². The van der Waals surface area contributed by atoms with Crippen molar-refractivity contribution in [1.29, 1.82) is 0 Å². The van der Waals surface area contributed by atoms with Crippen LogP contribution in [-0.2, 0) is 6.67 Å². The van der Waals surface area contributed by atoms with Crippen molar-refractivity contribution in [3.63, 3.8) is 0 Å². The maximum Gasteiger partial charge on any atom is 0.575 e. The Hall–Kier alpha value is -2.13. The summed E-state index contributed by atoms with van der Waals surface area (Å²) in [6, 6.07) is 0.728. The fourth-order valence-electron chi connectivity index (χ4n) is 1.08. The Morgan fingerprint density at radius 3 is 2.50 bits per heavy atom. The number of hydrogen-bond acceptors (Lipinski definition) is 5. The lowest BCUT2D eigenvalue weighted by Gasteiger charge is -2.09. The normalized spacial score (nSPS) is 11.2. The van der Waals surface area contributed by atoms with E-state index in [4.69, 9.17) is 0 Å². The molecule has 1 aromatic rings. The molecule has 0 bridgehead atoms. The minimum atomic E-state index is -5.13. The molecular formula is C8H6F4N2O4. The van der Waals surface area contributed by atoms with E-state index >= 15 is 0 Å². The summed E-state index contributed by atoms with van der Waals surface area (Å²) < 4.78 is 56.4. The quantitative estimate of drug-likeness (QED) is 0.477. The van der Waals surface area contributed by atoms with Crippen molar-refractivity contribution in [3.8, 4) is 11.6 Å². The Morgan fingerprint density at radius 2 is 2.11 bits per heavy atom. The van der Waals surface area contributed by atoms with Gasteiger partial charge in [0.1, 0.15) is 6.67 Å². The van der Waals surface area contributed by atoms with E-state index < -0.39 is 41.0 Å². The van der Waals surface area contributed by atoms with Crippen LogP contribution in [0, 0.1) is 10.1 Å². The second kappa shape index (κ2) is 5.02. The Labute approximate surface area is 97.3 Å². The lowest BCUT2D eigenvalue weighted by atomic mass is 10.2. The summed E-state index contributed by atoms with van der Waals surface area (Å²) in [7, 11) is 1.04. The van der Waals surface area contributed by atoms with Gasteiger partial charge in [0, 0.05) is 11.1 Å². The highest BCUT2D eigenvalue weighted by Gasteiger charge is 2.36. The molecule has 1 heterocycles. The van der Waals surface area contributed by atoms with E-state index in [0.717, 1.165) is 13.2 Å². The Kier molecular flexibility index (Phi) is 3.89. The summed E-state index contributed by atoms with van der Waals surface area (Å²) in [6.07, 6.45) is -5.13. The van der Waals surface area contributed by atoms with E-state index in [1.807, 2.05) is 0 Å². The molecule has 0 fully saturated rings. The average Bonchev–Trinajstić information content (AvgIpc) is 2.26. The molecule has 1 rings (SSSR count). The van der Waals surface area contributed by atoms with E-state index in [0.29, 0.717) is 0 Å². The van der Waals surface area contributed by atoms with Crippen LogP contribution >= 0.6 is 0 Å². The zero-order valence-electron chi connectivity index (χ0n) is 8.82. The van der Waals surface area contributed by atoms with Crippen LogP contribution in [0.3, 0.4) is 0 Å². The third kappa shape index (κ3) is 3.18. The lowest BCUT2D eigenvalue weighted by molar-refractivity contribution is -0.391. The molecule has 0 radical (unpaired) electrons. The summed E-state index contributed by atoms with van der Waals surface area (Å²) in [6.45, 7) is -1.34. The largest absolute Gasteiger partial charge is 0.575 e. The molecule has 0 saturated heterocycles. The van der Waals surface area contributed by atoms with E-state index in [1.54, 1.807) is 0 Å². The molecule has 0 spiro atoms. The lowest BCUT2D eigenvalue weighted by Crippen LogP contribution is -2.19. The molecule has 0 aliphatic rings. The van der Waals surface area contributed by atoms with E-state index in [2.05, 4.69) is 14.5 Å². The number of hydrogen-bond donors (Lipinski definition) is 0. The van der Waals surface area contributed by atoms with Gasteiger partial charge in [0.15, 0.2) is 0 Å². The van der Waals surface area contributed by atoms with Gasteiger partial charge in [0.25, 0.3) is 0 Å². The molecule has 1 aromatic heterocycles. The number of alkyl halides is 4. The predicted molar refractivity (Wildman–Crippen MR) is 48.9 cm³/mol. The number of halogens is 4. The first kappa shape index (κ1) is 13.9. The van der Waals surface area contributed by atoms with Gasteiger partial charge in [-0.2, -0.15) is 0 Å². The molecule has 18 heavy (non-hydrogen) atoms. The van der Waals surface area contributed by atoms with E-state index in [-0.39, 0.29) is 0 Å². The Balaban J connectivity index is 3.32. The number of rotatable bonds is 4. The first-order valence-corrected chi connectivity index (χ1v) is 4.32. The van der Waals surface area contributed by atoms with Crippen molar-refractivity contribution in [2.75, 3.05) is 7.11 Å². The van der Waals surface area contributed by atoms with Gasteiger partial charge in [-0.05, 0) is 4.92 Å². The van der Waals surface area contributed by atoms with Crippen LogP contribution in [0.4, 0.5) is 23.4 Å². The first-order chi connectivity index (χ1) is 8.28. The van der Waals surface area contributed by atoms with Crippen molar-refractivity contribution in [1.82, 2.24) is 4.98 Å². The summed E-state index contributed by atoms with van der Waals surface area (Å²) in [4.78, 5) is 12.5. The van der Waals surface area contributed by atoms with Gasteiger partial charge < -0.3 is 19.6 Å². The number of aromatic nitrogens is 1. The van der Waals surface area contributed by atoms with Gasteiger partial charge in [-0.3, -0.25) is 0 Å². The third-order valence-corrected chi connectivity index (χ3v) is 1.76. The van der Waals surface area contributed by atoms with Crippen LogP contribution in [-0.4, -0.2) is 23.4 Å². The minimum Gasteiger partial charge on any atom is -0.489 e. The number of nitro groups is 1. The van der Waals surface area contributed by atoms with Crippen LogP contribution in [0.25, 0.3) is 0 Å². The molecule has 0 amide bonds. The average molecular weight is 270 g/mol. The Morgan fingerprint density at radius 1 is 1.50 bits per heavy atom. The monoisotopic (exact) mass is 270 g/mol. The van der Waals surface area contributed by atoms with Crippen LogP contribution in [0.1, 0.15) is 5.56 Å². The molecule has 10 heteroatoms. The highest BCUT2D eigenvalue weighted by Crippen LogP contribution is 2.33. The van der Waals surface area contributed by atoms with Gasteiger partial charge in [-0.1, -0.05) is 0 Å². The molecule has 0 aliphatic carbocycles. The molecule has 0 aliphatic heterocycles. The topological polar surface area (TPSA) is 74.5 Å². The molecule has 0 atom stereocenters. The SMILES string of the molecule is COc1cc(CF)c(OC(F)(F)F)nc1[N+](=O)[O-]. The standard InChI is InChI=1S/C8H6F4N2O4/c1-17-5-2-4(3-9)7(18-8(10,11)12)13-6(5)14(15)16/h2H,3H2,1H3. The number of ether oxygens (including phenoxy) is 2. The number of methoxy groups -OCH3 is 1. The fourth-order valence-corrected chi connectivity index (χ4v) is 1.08. The van der Waals surface area contributed by atoms with Gasteiger partial charge >= 0.3 is 18.1 Å².